The fourth-order valence-electron chi connectivity index (χ4n) is 2.43. The largest absolute Gasteiger partial charge is 0.313 e. The number of nitrogens with zero attached hydrogens (tertiary/aromatic N) is 1. The highest BCUT2D eigenvalue weighted by atomic mass is 15.2. The van der Waals surface area contributed by atoms with Crippen molar-refractivity contribution in [3.63, 3.8) is 0 Å². The Kier molecular flexibility index (Phi) is 7.11. The van der Waals surface area contributed by atoms with E-state index in [-0.39, 0.29) is 0 Å². The fourth-order valence-corrected chi connectivity index (χ4v) is 2.43. The third kappa shape index (κ3) is 5.75. The van der Waals surface area contributed by atoms with Crippen LogP contribution in [0.3, 0.4) is 0 Å². The van der Waals surface area contributed by atoms with E-state index in [0.717, 1.165) is 19.6 Å². The van der Waals surface area contributed by atoms with Crippen LogP contribution in [0.15, 0.2) is 30.3 Å². The summed E-state index contributed by atoms with van der Waals surface area (Å²) >= 11 is 0. The van der Waals surface area contributed by atoms with Gasteiger partial charge in [0.05, 0.1) is 0 Å². The molecule has 0 aliphatic carbocycles. The zero-order chi connectivity index (χ0) is 14.3. The minimum absolute atomic E-state index is 0.469. The summed E-state index contributed by atoms with van der Waals surface area (Å²) in [6, 6.07) is 11.9. The fraction of sp³-hybridized carbons (Fsp3) is 0.647. The van der Waals surface area contributed by atoms with E-state index in [9.17, 15) is 0 Å². The van der Waals surface area contributed by atoms with Crippen molar-refractivity contribution in [1.82, 2.24) is 10.2 Å². The van der Waals surface area contributed by atoms with Gasteiger partial charge in [-0.3, -0.25) is 4.90 Å². The van der Waals surface area contributed by atoms with Gasteiger partial charge in [0.15, 0.2) is 0 Å². The lowest BCUT2D eigenvalue weighted by Crippen LogP contribution is -2.39. The second kappa shape index (κ2) is 8.34. The molecule has 19 heavy (non-hydrogen) atoms. The van der Waals surface area contributed by atoms with Crippen LogP contribution >= 0.6 is 0 Å². The SMILES string of the molecule is CCN(CC(C)C)C(CNC(C)C)c1ccccc1. The van der Waals surface area contributed by atoms with E-state index in [1.807, 2.05) is 0 Å². The summed E-state index contributed by atoms with van der Waals surface area (Å²) in [6.07, 6.45) is 0. The lowest BCUT2D eigenvalue weighted by molar-refractivity contribution is 0.179. The highest BCUT2D eigenvalue weighted by Gasteiger charge is 2.19. The molecule has 0 aliphatic rings. The minimum Gasteiger partial charge on any atom is -0.313 e. The zero-order valence-electron chi connectivity index (χ0n) is 13.2. The van der Waals surface area contributed by atoms with Gasteiger partial charge in [-0.2, -0.15) is 0 Å². The van der Waals surface area contributed by atoms with Crippen molar-refractivity contribution in [3.8, 4) is 0 Å². The van der Waals surface area contributed by atoms with Crippen molar-refractivity contribution < 1.29 is 0 Å². The van der Waals surface area contributed by atoms with Crippen molar-refractivity contribution >= 4 is 0 Å². The van der Waals surface area contributed by atoms with Gasteiger partial charge >= 0.3 is 0 Å². The third-order valence-electron chi connectivity index (χ3n) is 3.35. The maximum absolute atomic E-state index is 3.59. The molecule has 0 bridgehead atoms. The van der Waals surface area contributed by atoms with Crippen LogP contribution in [-0.2, 0) is 0 Å². The van der Waals surface area contributed by atoms with Gasteiger partial charge < -0.3 is 5.32 Å². The minimum atomic E-state index is 0.469. The van der Waals surface area contributed by atoms with E-state index in [2.05, 4.69) is 75.2 Å². The molecule has 1 aromatic rings. The molecule has 1 aromatic carbocycles. The molecule has 0 heterocycles. The normalized spacial score (nSPS) is 13.5. The van der Waals surface area contributed by atoms with Crippen LogP contribution in [-0.4, -0.2) is 30.6 Å². The first kappa shape index (κ1) is 16.2. The summed E-state index contributed by atoms with van der Waals surface area (Å²) in [5, 5.41) is 3.59. The van der Waals surface area contributed by atoms with Gasteiger partial charge in [-0.15, -0.1) is 0 Å². The van der Waals surface area contributed by atoms with E-state index < -0.39 is 0 Å². The first-order valence-corrected chi connectivity index (χ1v) is 7.57. The van der Waals surface area contributed by atoms with Crippen LogP contribution in [0.5, 0.6) is 0 Å². The van der Waals surface area contributed by atoms with Gasteiger partial charge in [0.25, 0.3) is 0 Å². The van der Waals surface area contributed by atoms with Crippen molar-refractivity contribution in [2.45, 2.75) is 46.7 Å². The van der Waals surface area contributed by atoms with Gasteiger partial charge in [0.2, 0.25) is 0 Å². The molecule has 108 valence electrons. The molecule has 1 atom stereocenters. The van der Waals surface area contributed by atoms with E-state index in [1.165, 1.54) is 5.56 Å². The summed E-state index contributed by atoms with van der Waals surface area (Å²) in [5.41, 5.74) is 1.41. The molecule has 2 heteroatoms. The van der Waals surface area contributed by atoms with Crippen LogP contribution in [0.2, 0.25) is 0 Å². The molecule has 0 saturated carbocycles. The third-order valence-corrected chi connectivity index (χ3v) is 3.35. The highest BCUT2D eigenvalue weighted by Crippen LogP contribution is 2.21. The van der Waals surface area contributed by atoms with Crippen molar-refractivity contribution in [2.75, 3.05) is 19.6 Å². The van der Waals surface area contributed by atoms with Crippen LogP contribution in [0.25, 0.3) is 0 Å². The number of hydrogen-bond acceptors (Lipinski definition) is 2. The summed E-state index contributed by atoms with van der Waals surface area (Å²) in [5.74, 6) is 0.699. The van der Waals surface area contributed by atoms with Crippen molar-refractivity contribution in [1.29, 1.82) is 0 Å². The van der Waals surface area contributed by atoms with Gasteiger partial charge in [0.1, 0.15) is 0 Å². The monoisotopic (exact) mass is 262 g/mol. The quantitative estimate of drug-likeness (QED) is 0.768. The molecular weight excluding hydrogens is 232 g/mol. The van der Waals surface area contributed by atoms with Gasteiger partial charge in [-0.05, 0) is 18.0 Å². The second-order valence-electron chi connectivity index (χ2n) is 5.97. The number of nitrogens with one attached hydrogen (secondary N) is 1. The second-order valence-corrected chi connectivity index (χ2v) is 5.97. The predicted octanol–water partition coefficient (Wildman–Crippen LogP) is 3.70. The predicted molar refractivity (Wildman–Crippen MR) is 84.4 cm³/mol. The van der Waals surface area contributed by atoms with Crippen molar-refractivity contribution in [3.05, 3.63) is 35.9 Å². The average molecular weight is 262 g/mol. The Morgan fingerprint density at radius 1 is 1.05 bits per heavy atom. The lowest BCUT2D eigenvalue weighted by Gasteiger charge is -2.33. The van der Waals surface area contributed by atoms with E-state index in [1.54, 1.807) is 0 Å². The molecule has 0 saturated heterocycles. The van der Waals surface area contributed by atoms with E-state index >= 15 is 0 Å². The number of rotatable bonds is 8. The molecule has 0 spiro atoms. The summed E-state index contributed by atoms with van der Waals surface area (Å²) in [7, 11) is 0. The van der Waals surface area contributed by atoms with Crippen LogP contribution in [0.1, 0.15) is 46.2 Å². The topological polar surface area (TPSA) is 15.3 Å². The Bertz CT molecular complexity index is 332. The highest BCUT2D eigenvalue weighted by molar-refractivity contribution is 5.19. The van der Waals surface area contributed by atoms with Crippen LogP contribution in [0, 0.1) is 5.92 Å². The van der Waals surface area contributed by atoms with E-state index in [0.29, 0.717) is 18.0 Å². The zero-order valence-corrected chi connectivity index (χ0v) is 13.2. The summed E-state index contributed by atoms with van der Waals surface area (Å²) in [6.45, 7) is 14.5. The first-order valence-electron chi connectivity index (χ1n) is 7.57. The number of likely N-dealkylation sites (N-methyl/N-ethyl adjacent to an activating group) is 1. The Balaban J connectivity index is 2.84. The molecule has 0 amide bonds. The molecule has 1 unspecified atom stereocenters. The Hall–Kier alpha value is -0.860. The Morgan fingerprint density at radius 3 is 2.16 bits per heavy atom. The van der Waals surface area contributed by atoms with Crippen LogP contribution < -0.4 is 5.32 Å². The van der Waals surface area contributed by atoms with E-state index in [4.69, 9.17) is 0 Å². The molecule has 1 N–H and O–H groups in total. The number of benzene rings is 1. The maximum Gasteiger partial charge on any atom is 0.0472 e. The molecule has 1 rings (SSSR count). The molecule has 0 fully saturated rings. The molecular formula is C17H30N2. The Morgan fingerprint density at radius 2 is 1.68 bits per heavy atom. The molecule has 0 aliphatic heterocycles. The average Bonchev–Trinajstić information content (AvgIpc) is 2.38. The maximum atomic E-state index is 3.59. The molecule has 0 radical (unpaired) electrons. The lowest BCUT2D eigenvalue weighted by atomic mass is 10.0. The summed E-state index contributed by atoms with van der Waals surface area (Å²) in [4.78, 5) is 2.58. The standard InChI is InChI=1S/C17H30N2/c1-6-19(13-14(2)3)17(12-18-15(4)5)16-10-8-7-9-11-16/h7-11,14-15,17-18H,6,12-13H2,1-5H3. The Labute approximate surface area is 119 Å². The number of hydrogen-bond donors (Lipinski definition) is 1. The molecule has 2 nitrogen and oxygen atoms in total. The van der Waals surface area contributed by atoms with Gasteiger partial charge in [-0.1, -0.05) is 65.0 Å². The summed E-state index contributed by atoms with van der Waals surface area (Å²) < 4.78 is 0. The van der Waals surface area contributed by atoms with Gasteiger partial charge in [0, 0.05) is 25.2 Å². The first-order chi connectivity index (χ1) is 9.04. The van der Waals surface area contributed by atoms with Crippen molar-refractivity contribution in [2.24, 2.45) is 5.92 Å². The molecule has 0 aromatic heterocycles. The smallest absolute Gasteiger partial charge is 0.0472 e. The van der Waals surface area contributed by atoms with Gasteiger partial charge in [-0.25, -0.2) is 0 Å². The van der Waals surface area contributed by atoms with Crippen LogP contribution in [0.4, 0.5) is 0 Å².